The van der Waals surface area contributed by atoms with E-state index < -0.39 is 0 Å². The van der Waals surface area contributed by atoms with Crippen molar-refractivity contribution in [3.05, 3.63) is 0 Å². The predicted molar refractivity (Wildman–Crippen MR) is 13.7 cm³/mol. The van der Waals surface area contributed by atoms with Crippen LogP contribution in [0.1, 0.15) is 0 Å². The summed E-state index contributed by atoms with van der Waals surface area (Å²) < 4.78 is 8.17. The second kappa shape index (κ2) is 32.1. The summed E-state index contributed by atoms with van der Waals surface area (Å²) >= 11 is 1.17. The van der Waals surface area contributed by atoms with E-state index in [1.807, 2.05) is 0 Å². The van der Waals surface area contributed by atoms with Gasteiger partial charge in [0.15, 0.2) is 0 Å². The molecule has 0 aromatic rings. The molecule has 0 aromatic carbocycles. The minimum atomic E-state index is 0. The van der Waals surface area contributed by atoms with Crippen molar-refractivity contribution >= 4 is 28.6 Å². The van der Waals surface area contributed by atoms with Crippen LogP contribution in [0.15, 0.2) is 0 Å². The normalized spacial score (nSPS) is 0.750. The maximum atomic E-state index is 8.17. The van der Waals surface area contributed by atoms with E-state index in [4.69, 9.17) is 3.80 Å². The Kier molecular flexibility index (Phi) is 155. The molecule has 0 saturated carbocycles. The van der Waals surface area contributed by atoms with Crippen molar-refractivity contribution < 1.29 is 20.3 Å². The Bertz CT molecular complexity index is 8.00. The maximum absolute atomic E-state index is 8.17. The Hall–Kier alpha value is 1.12. The zero-order valence-electron chi connectivity index (χ0n) is 1.71. The molecule has 0 spiro atoms. The predicted octanol–water partition coefficient (Wildman–Crippen LogP) is -0.0803. The third-order valence-electron chi connectivity index (χ3n) is 0. The quantitative estimate of drug-likeness (QED) is 0.428. The van der Waals surface area contributed by atoms with Gasteiger partial charge in [-0.05, 0) is 0 Å². The molecule has 0 atom stereocenters. The molecule has 0 rings (SSSR count). The molecule has 4 heteroatoms. The Balaban J connectivity index is -0.00000000500. The van der Waals surface area contributed by atoms with Crippen LogP contribution in [0.5, 0.6) is 0 Å². The summed E-state index contributed by atoms with van der Waals surface area (Å²) in [4.78, 5) is 0. The van der Waals surface area contributed by atoms with Crippen molar-refractivity contribution in [3.63, 3.8) is 0 Å². The molecular formula is HAlClNiO. The van der Waals surface area contributed by atoms with Crippen LogP contribution >= 0.6 is 12.4 Å². The van der Waals surface area contributed by atoms with Gasteiger partial charge in [-0.1, -0.05) is 0 Å². The van der Waals surface area contributed by atoms with Crippen LogP contribution in [0.4, 0.5) is 0 Å². The molecule has 0 aliphatic heterocycles. The SMILES string of the molecule is Cl.[Ni].[O]=[Al]. The van der Waals surface area contributed by atoms with E-state index >= 15 is 0 Å². The van der Waals surface area contributed by atoms with Gasteiger partial charge in [-0.2, -0.15) is 0 Å². The molecule has 0 aromatic heterocycles. The van der Waals surface area contributed by atoms with Gasteiger partial charge in [0.1, 0.15) is 0 Å². The first-order valence-electron chi connectivity index (χ1n) is 0.236. The number of halogens is 1. The van der Waals surface area contributed by atoms with Crippen LogP contribution in [0.2, 0.25) is 0 Å². The summed E-state index contributed by atoms with van der Waals surface area (Å²) in [7, 11) is 0. The van der Waals surface area contributed by atoms with Gasteiger partial charge in [-0.3, -0.25) is 0 Å². The van der Waals surface area contributed by atoms with Crippen LogP contribution in [0.25, 0.3) is 0 Å². The molecule has 0 amide bonds. The van der Waals surface area contributed by atoms with Crippen LogP contribution in [0, 0.1) is 0 Å². The Morgan fingerprint density at radius 1 is 1.25 bits per heavy atom. The first-order chi connectivity index (χ1) is 1.00. The number of rotatable bonds is 0. The number of hydrogen-bond acceptors (Lipinski definition) is 1. The topological polar surface area (TPSA) is 17.1 Å². The average molecular weight is 138 g/mol. The summed E-state index contributed by atoms with van der Waals surface area (Å²) in [6.07, 6.45) is 0. The molecule has 0 aliphatic rings. The van der Waals surface area contributed by atoms with Gasteiger partial charge in [0, 0.05) is 16.5 Å². The van der Waals surface area contributed by atoms with Crippen LogP contribution in [0.3, 0.4) is 0 Å². The van der Waals surface area contributed by atoms with Crippen molar-refractivity contribution in [1.29, 1.82) is 0 Å². The zero-order chi connectivity index (χ0) is 2.00. The van der Waals surface area contributed by atoms with Crippen LogP contribution in [-0.2, 0) is 20.3 Å². The third-order valence-corrected chi connectivity index (χ3v) is 0. The molecule has 0 saturated heterocycles. The molecule has 1 radical (unpaired) electrons. The van der Waals surface area contributed by atoms with Crippen molar-refractivity contribution in [2.45, 2.75) is 0 Å². The van der Waals surface area contributed by atoms with E-state index in [1.165, 1.54) is 16.2 Å². The summed E-state index contributed by atoms with van der Waals surface area (Å²) in [6.45, 7) is 0. The Labute approximate surface area is 49.1 Å². The van der Waals surface area contributed by atoms with E-state index in [9.17, 15) is 0 Å². The number of hydrogen-bond donors (Lipinski definition) is 0. The van der Waals surface area contributed by atoms with Crippen LogP contribution < -0.4 is 0 Å². The molecular weight excluding hydrogens is 137 g/mol. The van der Waals surface area contributed by atoms with Crippen molar-refractivity contribution in [2.24, 2.45) is 0 Å². The average Bonchev–Trinajstić information content (AvgIpc) is 1.00. The molecule has 1 nitrogen and oxygen atoms in total. The molecule has 4 heavy (non-hydrogen) atoms. The molecule has 0 aliphatic carbocycles. The van der Waals surface area contributed by atoms with Gasteiger partial charge in [0.05, 0.1) is 0 Å². The van der Waals surface area contributed by atoms with Gasteiger partial charge < -0.3 is 0 Å². The molecule has 27 valence electrons. The van der Waals surface area contributed by atoms with Gasteiger partial charge in [0.25, 0.3) is 0 Å². The van der Waals surface area contributed by atoms with Crippen LogP contribution in [-0.4, -0.2) is 16.2 Å². The van der Waals surface area contributed by atoms with Gasteiger partial charge in [0.2, 0.25) is 0 Å². The first kappa shape index (κ1) is 19.4. The van der Waals surface area contributed by atoms with E-state index in [2.05, 4.69) is 0 Å². The molecule has 0 N–H and O–H groups in total. The fourth-order valence-corrected chi connectivity index (χ4v) is 0. The van der Waals surface area contributed by atoms with E-state index in [1.54, 1.807) is 0 Å². The summed E-state index contributed by atoms with van der Waals surface area (Å²) in [6, 6.07) is 0. The van der Waals surface area contributed by atoms with E-state index in [-0.39, 0.29) is 28.9 Å². The summed E-state index contributed by atoms with van der Waals surface area (Å²) in [5.74, 6) is 0. The van der Waals surface area contributed by atoms with Crippen molar-refractivity contribution in [3.8, 4) is 0 Å². The first-order valence-corrected chi connectivity index (χ1v) is 0.707. The molecule has 0 unspecified atom stereocenters. The van der Waals surface area contributed by atoms with E-state index in [0.29, 0.717) is 0 Å². The fraction of sp³-hybridized carbons (Fsp3) is 0. The minimum absolute atomic E-state index is 0. The van der Waals surface area contributed by atoms with Crippen molar-refractivity contribution in [1.82, 2.24) is 0 Å². The summed E-state index contributed by atoms with van der Waals surface area (Å²) in [5, 5.41) is 0. The monoisotopic (exact) mass is 137 g/mol. The van der Waals surface area contributed by atoms with Crippen molar-refractivity contribution in [2.75, 3.05) is 0 Å². The second-order valence-electron chi connectivity index (χ2n) is 0. The Morgan fingerprint density at radius 2 is 1.25 bits per heavy atom. The zero-order valence-corrected chi connectivity index (χ0v) is 4.67. The summed E-state index contributed by atoms with van der Waals surface area (Å²) in [5.41, 5.74) is 0. The van der Waals surface area contributed by atoms with Gasteiger partial charge in [-0.25, -0.2) is 0 Å². The third kappa shape index (κ3) is 11.2. The fourth-order valence-electron chi connectivity index (χ4n) is 0. The van der Waals surface area contributed by atoms with Gasteiger partial charge >= 0.3 is 20.0 Å². The second-order valence-corrected chi connectivity index (χ2v) is 0. The molecule has 0 fully saturated rings. The molecule has 0 heterocycles. The molecule has 0 bridgehead atoms. The Morgan fingerprint density at radius 3 is 1.25 bits per heavy atom. The van der Waals surface area contributed by atoms with Gasteiger partial charge in [-0.15, -0.1) is 12.4 Å². The van der Waals surface area contributed by atoms with E-state index in [0.717, 1.165) is 0 Å². The standard InChI is InChI=1S/Al.ClH.Ni.O/h;1H;;.